The van der Waals surface area contributed by atoms with Gasteiger partial charge in [-0.1, -0.05) is 25.7 Å². The second-order valence-electron chi connectivity index (χ2n) is 6.14. The Morgan fingerprint density at radius 1 is 1.39 bits per heavy atom. The number of alkyl halides is 1. The molecule has 2 aromatic rings. The molecule has 0 radical (unpaired) electrons. The van der Waals surface area contributed by atoms with Gasteiger partial charge < -0.3 is 10.4 Å². The standard InChI is InChI=1S/C16H21ClN4O2/c17-8-11-7-14-19-13(10-21(14)18-9-11)15(20-16(22)23)12-5-3-1-2-4-6-12/h7,9-10,12,15,20H,1-6,8H2,(H,22,23)/t15-/m0/s1. The fourth-order valence-corrected chi connectivity index (χ4v) is 3.51. The number of hydrogen-bond donors (Lipinski definition) is 2. The summed E-state index contributed by atoms with van der Waals surface area (Å²) in [5, 5.41) is 16.2. The number of nitrogens with one attached hydrogen (secondary N) is 1. The molecule has 1 aliphatic rings. The van der Waals surface area contributed by atoms with E-state index < -0.39 is 6.09 Å². The van der Waals surface area contributed by atoms with Gasteiger partial charge in [0.2, 0.25) is 0 Å². The van der Waals surface area contributed by atoms with E-state index in [4.69, 9.17) is 11.6 Å². The molecule has 0 aromatic carbocycles. The Hall–Kier alpha value is -1.82. The van der Waals surface area contributed by atoms with Crippen LogP contribution in [0.25, 0.3) is 5.65 Å². The minimum Gasteiger partial charge on any atom is -0.465 e. The Morgan fingerprint density at radius 2 is 2.13 bits per heavy atom. The number of carboxylic acid groups (broad SMARTS) is 1. The number of hydrogen-bond acceptors (Lipinski definition) is 3. The summed E-state index contributed by atoms with van der Waals surface area (Å²) in [6.07, 6.45) is 9.30. The fraction of sp³-hybridized carbons (Fsp3) is 0.562. The van der Waals surface area contributed by atoms with Crippen LogP contribution in [0.2, 0.25) is 0 Å². The summed E-state index contributed by atoms with van der Waals surface area (Å²) in [7, 11) is 0. The molecule has 1 amide bonds. The molecule has 2 heterocycles. The van der Waals surface area contributed by atoms with Crippen molar-refractivity contribution in [3.8, 4) is 0 Å². The zero-order chi connectivity index (χ0) is 16.2. The summed E-state index contributed by atoms with van der Waals surface area (Å²) in [4.78, 5) is 15.8. The van der Waals surface area contributed by atoms with Crippen molar-refractivity contribution in [3.05, 3.63) is 29.7 Å². The summed E-state index contributed by atoms with van der Waals surface area (Å²) in [6.45, 7) is 0. The predicted molar refractivity (Wildman–Crippen MR) is 87.6 cm³/mol. The molecule has 1 atom stereocenters. The highest BCUT2D eigenvalue weighted by Crippen LogP contribution is 2.33. The Balaban J connectivity index is 1.93. The number of halogens is 1. The van der Waals surface area contributed by atoms with Gasteiger partial charge in [-0.15, -0.1) is 11.6 Å². The molecule has 0 spiro atoms. The third-order valence-corrected chi connectivity index (χ3v) is 4.83. The molecular formula is C16H21ClN4O2. The molecule has 0 bridgehead atoms. The normalized spacial score (nSPS) is 17.8. The first-order chi connectivity index (χ1) is 11.2. The zero-order valence-electron chi connectivity index (χ0n) is 12.9. The van der Waals surface area contributed by atoms with Crippen LogP contribution in [-0.4, -0.2) is 25.8 Å². The molecule has 0 saturated heterocycles. The first-order valence-electron chi connectivity index (χ1n) is 8.07. The highest BCUT2D eigenvalue weighted by atomic mass is 35.5. The van der Waals surface area contributed by atoms with Gasteiger partial charge in [0, 0.05) is 5.88 Å². The third-order valence-electron chi connectivity index (χ3n) is 4.52. The van der Waals surface area contributed by atoms with Crippen LogP contribution in [0.3, 0.4) is 0 Å². The number of rotatable bonds is 4. The predicted octanol–water partition coefficient (Wildman–Crippen LogP) is 3.75. The van der Waals surface area contributed by atoms with E-state index in [2.05, 4.69) is 15.4 Å². The quantitative estimate of drug-likeness (QED) is 0.658. The van der Waals surface area contributed by atoms with Crippen LogP contribution in [0.1, 0.15) is 55.8 Å². The van der Waals surface area contributed by atoms with Gasteiger partial charge in [0.15, 0.2) is 5.65 Å². The van der Waals surface area contributed by atoms with Crippen LogP contribution in [-0.2, 0) is 5.88 Å². The van der Waals surface area contributed by atoms with E-state index >= 15 is 0 Å². The topological polar surface area (TPSA) is 79.5 Å². The maximum atomic E-state index is 11.2. The molecule has 3 rings (SSSR count). The van der Waals surface area contributed by atoms with Crippen molar-refractivity contribution in [2.45, 2.75) is 50.4 Å². The number of imidazole rings is 1. The molecule has 0 aliphatic heterocycles. The summed E-state index contributed by atoms with van der Waals surface area (Å²) >= 11 is 5.84. The van der Waals surface area contributed by atoms with Gasteiger partial charge in [-0.05, 0) is 30.4 Å². The Bertz CT molecular complexity index is 680. The van der Waals surface area contributed by atoms with Crippen molar-refractivity contribution < 1.29 is 9.90 Å². The van der Waals surface area contributed by atoms with Gasteiger partial charge in [0.25, 0.3) is 0 Å². The van der Waals surface area contributed by atoms with Gasteiger partial charge in [0.05, 0.1) is 24.1 Å². The fourth-order valence-electron chi connectivity index (χ4n) is 3.37. The lowest BCUT2D eigenvalue weighted by Gasteiger charge is -2.24. The maximum absolute atomic E-state index is 11.2. The second kappa shape index (κ2) is 7.17. The zero-order valence-corrected chi connectivity index (χ0v) is 13.7. The summed E-state index contributed by atoms with van der Waals surface area (Å²) in [5.41, 5.74) is 2.33. The molecule has 2 aromatic heterocycles. The Morgan fingerprint density at radius 3 is 2.78 bits per heavy atom. The lowest BCUT2D eigenvalue weighted by molar-refractivity contribution is 0.181. The van der Waals surface area contributed by atoms with Crippen molar-refractivity contribution in [3.63, 3.8) is 0 Å². The molecule has 124 valence electrons. The number of nitrogens with zero attached hydrogens (tertiary/aromatic N) is 3. The number of fused-ring (bicyclic) bond motifs is 1. The van der Waals surface area contributed by atoms with Crippen molar-refractivity contribution in [1.29, 1.82) is 0 Å². The second-order valence-corrected chi connectivity index (χ2v) is 6.41. The molecule has 1 aliphatic carbocycles. The SMILES string of the molecule is O=C(O)N[C@H](c1cn2ncc(CCl)cc2n1)C1CCCCCC1. The molecule has 0 unspecified atom stereocenters. The van der Waals surface area contributed by atoms with E-state index in [9.17, 15) is 9.90 Å². The van der Waals surface area contributed by atoms with Crippen LogP contribution in [0.15, 0.2) is 18.5 Å². The first kappa shape index (κ1) is 16.1. The van der Waals surface area contributed by atoms with Gasteiger partial charge >= 0.3 is 6.09 Å². The lowest BCUT2D eigenvalue weighted by atomic mass is 9.90. The van der Waals surface area contributed by atoms with Crippen molar-refractivity contribution in [2.24, 2.45) is 5.92 Å². The van der Waals surface area contributed by atoms with Gasteiger partial charge in [0.1, 0.15) is 0 Å². The number of aromatic nitrogens is 3. The van der Waals surface area contributed by atoms with Crippen LogP contribution in [0.4, 0.5) is 4.79 Å². The molecule has 1 saturated carbocycles. The Kier molecular flexibility index (Phi) is 5.00. The van der Waals surface area contributed by atoms with Gasteiger partial charge in [-0.3, -0.25) is 0 Å². The van der Waals surface area contributed by atoms with Gasteiger partial charge in [-0.2, -0.15) is 5.10 Å². The molecule has 1 fully saturated rings. The summed E-state index contributed by atoms with van der Waals surface area (Å²) in [6, 6.07) is 1.60. The van der Waals surface area contributed by atoms with E-state index in [0.717, 1.165) is 36.9 Å². The summed E-state index contributed by atoms with van der Waals surface area (Å²) < 4.78 is 1.68. The van der Waals surface area contributed by atoms with Crippen molar-refractivity contribution in [1.82, 2.24) is 19.9 Å². The average molecular weight is 337 g/mol. The van der Waals surface area contributed by atoms with E-state index in [1.165, 1.54) is 12.8 Å². The maximum Gasteiger partial charge on any atom is 0.405 e. The molecule has 7 heteroatoms. The highest BCUT2D eigenvalue weighted by Gasteiger charge is 2.28. The number of amides is 1. The molecule has 2 N–H and O–H groups in total. The highest BCUT2D eigenvalue weighted by molar-refractivity contribution is 6.17. The van der Waals surface area contributed by atoms with Crippen LogP contribution in [0.5, 0.6) is 0 Å². The van der Waals surface area contributed by atoms with Crippen LogP contribution < -0.4 is 5.32 Å². The number of carbonyl (C=O) groups is 1. The minimum absolute atomic E-state index is 0.283. The van der Waals surface area contributed by atoms with E-state index in [1.54, 1.807) is 10.7 Å². The van der Waals surface area contributed by atoms with E-state index in [-0.39, 0.29) is 12.0 Å². The van der Waals surface area contributed by atoms with Crippen molar-refractivity contribution >= 4 is 23.3 Å². The smallest absolute Gasteiger partial charge is 0.405 e. The van der Waals surface area contributed by atoms with Gasteiger partial charge in [-0.25, -0.2) is 14.3 Å². The molecule has 23 heavy (non-hydrogen) atoms. The first-order valence-corrected chi connectivity index (χ1v) is 8.60. The Labute approximate surface area is 139 Å². The van der Waals surface area contributed by atoms with Crippen LogP contribution in [0, 0.1) is 5.92 Å². The van der Waals surface area contributed by atoms with E-state index in [1.807, 2.05) is 12.3 Å². The van der Waals surface area contributed by atoms with Crippen molar-refractivity contribution in [2.75, 3.05) is 0 Å². The van der Waals surface area contributed by atoms with E-state index in [0.29, 0.717) is 11.5 Å². The average Bonchev–Trinajstić information content (AvgIpc) is 2.77. The van der Waals surface area contributed by atoms with Crippen LogP contribution >= 0.6 is 11.6 Å². The minimum atomic E-state index is -1.01. The molecular weight excluding hydrogens is 316 g/mol. The summed E-state index contributed by atoms with van der Waals surface area (Å²) in [5.74, 6) is 0.663. The lowest BCUT2D eigenvalue weighted by Crippen LogP contribution is -2.32. The third kappa shape index (κ3) is 3.75. The largest absolute Gasteiger partial charge is 0.465 e. The molecule has 6 nitrogen and oxygen atoms in total. The monoisotopic (exact) mass is 336 g/mol.